The summed E-state index contributed by atoms with van der Waals surface area (Å²) in [5.41, 5.74) is 3.29. The van der Waals surface area contributed by atoms with E-state index in [1.54, 1.807) is 0 Å². The Kier molecular flexibility index (Phi) is 5.88. The zero-order valence-corrected chi connectivity index (χ0v) is 16.9. The van der Waals surface area contributed by atoms with Crippen molar-refractivity contribution in [2.45, 2.75) is 69.8 Å². The Morgan fingerprint density at radius 1 is 0.964 bits per heavy atom. The Labute approximate surface area is 168 Å². The van der Waals surface area contributed by atoms with Gasteiger partial charge in [0.1, 0.15) is 6.23 Å². The van der Waals surface area contributed by atoms with E-state index in [2.05, 4.69) is 21.0 Å². The predicted octanol–water partition coefficient (Wildman–Crippen LogP) is 1.21. The zero-order valence-electron chi connectivity index (χ0n) is 16.9. The fourth-order valence-corrected chi connectivity index (χ4v) is 5.71. The summed E-state index contributed by atoms with van der Waals surface area (Å²) in [5, 5.41) is 7.44. The molecule has 0 aromatic heterocycles. The third-order valence-electron chi connectivity index (χ3n) is 7.88. The molecule has 5 fully saturated rings. The molecular weight excluding hydrogens is 356 g/mol. The number of nitrogens with one attached hydrogen (secondary N) is 3. The van der Waals surface area contributed by atoms with Crippen LogP contribution < -0.4 is 16.1 Å². The van der Waals surface area contributed by atoms with Crippen LogP contribution in [0, 0.1) is 23.7 Å². The summed E-state index contributed by atoms with van der Waals surface area (Å²) in [6, 6.07) is 0.562. The highest BCUT2D eigenvalue weighted by Gasteiger charge is 2.40. The maximum Gasteiger partial charge on any atom is 0.225 e. The quantitative estimate of drug-likeness (QED) is 0.668. The van der Waals surface area contributed by atoms with Crippen LogP contribution in [0.2, 0.25) is 0 Å². The lowest BCUT2D eigenvalue weighted by molar-refractivity contribution is -0.139. The Morgan fingerprint density at radius 2 is 1.82 bits per heavy atom. The highest BCUT2D eigenvalue weighted by molar-refractivity contribution is 5.79. The summed E-state index contributed by atoms with van der Waals surface area (Å²) in [6.07, 6.45) is 9.38. The molecule has 28 heavy (non-hydrogen) atoms. The van der Waals surface area contributed by atoms with Gasteiger partial charge in [-0.25, -0.2) is 0 Å². The largest absolute Gasteiger partial charge is 0.381 e. The Bertz CT molecular complexity index is 544. The summed E-state index contributed by atoms with van der Waals surface area (Å²) < 4.78 is 5.59. The molecule has 4 unspecified atom stereocenters. The van der Waals surface area contributed by atoms with Gasteiger partial charge in [-0.3, -0.25) is 14.9 Å². The van der Waals surface area contributed by atoms with Gasteiger partial charge in [0.05, 0.1) is 12.8 Å². The second-order valence-electron chi connectivity index (χ2n) is 9.56. The lowest BCUT2D eigenvalue weighted by Gasteiger charge is -2.38. The number of ether oxygens (including phenoxy) is 1. The second-order valence-corrected chi connectivity index (χ2v) is 9.56. The van der Waals surface area contributed by atoms with Crippen LogP contribution in [0.1, 0.15) is 51.4 Å². The first-order valence-electron chi connectivity index (χ1n) is 11.5. The fraction of sp³-hybridized carbons (Fsp3) is 0.952. The molecule has 0 bridgehead atoms. The van der Waals surface area contributed by atoms with E-state index in [0.717, 1.165) is 71.4 Å². The molecule has 1 aliphatic carbocycles. The number of piperidine rings is 2. The van der Waals surface area contributed by atoms with E-state index >= 15 is 0 Å². The van der Waals surface area contributed by atoms with Crippen LogP contribution in [0.25, 0.3) is 0 Å². The molecule has 0 aromatic carbocycles. The molecule has 0 radical (unpaired) electrons. The molecule has 158 valence electrons. The van der Waals surface area contributed by atoms with Gasteiger partial charge in [0.25, 0.3) is 0 Å². The van der Waals surface area contributed by atoms with Crippen molar-refractivity contribution in [2.75, 3.05) is 32.8 Å². The highest BCUT2D eigenvalue weighted by Crippen LogP contribution is 2.32. The molecule has 7 nitrogen and oxygen atoms in total. The van der Waals surface area contributed by atoms with Crippen molar-refractivity contribution in [2.24, 2.45) is 23.7 Å². The number of hydrogen-bond donors (Lipinski definition) is 3. The number of hydrogen-bond acceptors (Lipinski definition) is 6. The summed E-state index contributed by atoms with van der Waals surface area (Å²) in [7, 11) is 0. The Balaban J connectivity index is 1.09. The SMILES string of the molecule is O=C(C1CCC1)N1CCC(C2NOC(C3CCNC([C@@H]4CCOC4)C3)N2)CC1. The standard InChI is InChI=1S/C21H36N4O3/c26-21(15-2-1-3-15)25-9-5-14(6-10-25)19-23-20(28-24-19)16-4-8-22-18(12-16)17-7-11-27-13-17/h14-20,22-24H,1-13H2/t16?,17-,18?,19?,20?/m1/s1. The van der Waals surface area contributed by atoms with Crippen LogP contribution in [0.5, 0.6) is 0 Å². The van der Waals surface area contributed by atoms with Gasteiger partial charge < -0.3 is 15.0 Å². The minimum Gasteiger partial charge on any atom is -0.381 e. The first kappa shape index (κ1) is 19.2. The molecule has 5 rings (SSSR count). The van der Waals surface area contributed by atoms with Gasteiger partial charge >= 0.3 is 0 Å². The topological polar surface area (TPSA) is 74.9 Å². The minimum atomic E-state index is 0.103. The Morgan fingerprint density at radius 3 is 2.54 bits per heavy atom. The molecule has 4 saturated heterocycles. The van der Waals surface area contributed by atoms with E-state index in [4.69, 9.17) is 9.57 Å². The summed E-state index contributed by atoms with van der Waals surface area (Å²) in [5.74, 6) is 2.47. The number of carbonyl (C=O) groups excluding carboxylic acids is 1. The normalized spacial score (nSPS) is 40.6. The average molecular weight is 393 g/mol. The van der Waals surface area contributed by atoms with E-state index in [1.807, 2.05) is 0 Å². The number of nitrogens with zero attached hydrogens (tertiary/aromatic N) is 1. The number of rotatable bonds is 4. The van der Waals surface area contributed by atoms with Gasteiger partial charge in [-0.1, -0.05) is 6.42 Å². The molecule has 5 atom stereocenters. The van der Waals surface area contributed by atoms with Crippen molar-refractivity contribution in [3.63, 3.8) is 0 Å². The van der Waals surface area contributed by atoms with Crippen LogP contribution in [-0.2, 0) is 14.4 Å². The van der Waals surface area contributed by atoms with Gasteiger partial charge in [-0.2, -0.15) is 5.48 Å². The number of hydroxylamine groups is 1. The van der Waals surface area contributed by atoms with Crippen molar-refractivity contribution in [1.29, 1.82) is 0 Å². The second kappa shape index (κ2) is 8.56. The smallest absolute Gasteiger partial charge is 0.225 e. The third kappa shape index (κ3) is 3.97. The molecule has 1 saturated carbocycles. The lowest BCUT2D eigenvalue weighted by atomic mass is 9.83. The molecule has 3 N–H and O–H groups in total. The number of likely N-dealkylation sites (tertiary alicyclic amines) is 1. The summed E-state index contributed by atoms with van der Waals surface area (Å²) in [6.45, 7) is 4.70. The van der Waals surface area contributed by atoms with Crippen molar-refractivity contribution in [1.82, 2.24) is 21.0 Å². The molecule has 1 amide bonds. The molecule has 4 heterocycles. The molecule has 4 aliphatic heterocycles. The van der Waals surface area contributed by atoms with Gasteiger partial charge in [-0.05, 0) is 63.3 Å². The minimum absolute atomic E-state index is 0.103. The first-order chi connectivity index (χ1) is 13.8. The van der Waals surface area contributed by atoms with Crippen molar-refractivity contribution >= 4 is 5.91 Å². The Hall–Kier alpha value is -0.730. The summed E-state index contributed by atoms with van der Waals surface area (Å²) in [4.78, 5) is 20.6. The molecule has 5 aliphatic rings. The zero-order chi connectivity index (χ0) is 18.9. The molecular formula is C21H36N4O3. The highest BCUT2D eigenvalue weighted by atomic mass is 16.7. The van der Waals surface area contributed by atoms with Crippen LogP contribution in [0.4, 0.5) is 0 Å². The predicted molar refractivity (Wildman–Crippen MR) is 105 cm³/mol. The molecule has 7 heteroatoms. The van der Waals surface area contributed by atoms with Gasteiger partial charge in [0, 0.05) is 37.6 Å². The van der Waals surface area contributed by atoms with Gasteiger partial charge in [-0.15, -0.1) is 0 Å². The van der Waals surface area contributed by atoms with E-state index in [1.165, 1.54) is 12.8 Å². The lowest BCUT2D eigenvalue weighted by Crippen LogP contribution is -2.51. The van der Waals surface area contributed by atoms with E-state index in [-0.39, 0.29) is 12.4 Å². The van der Waals surface area contributed by atoms with E-state index in [0.29, 0.717) is 35.6 Å². The van der Waals surface area contributed by atoms with E-state index in [9.17, 15) is 4.79 Å². The van der Waals surface area contributed by atoms with Crippen LogP contribution in [0.3, 0.4) is 0 Å². The third-order valence-corrected chi connectivity index (χ3v) is 7.88. The van der Waals surface area contributed by atoms with Gasteiger partial charge in [0.2, 0.25) is 5.91 Å². The first-order valence-corrected chi connectivity index (χ1v) is 11.5. The van der Waals surface area contributed by atoms with Crippen LogP contribution in [0.15, 0.2) is 0 Å². The fourth-order valence-electron chi connectivity index (χ4n) is 5.71. The maximum absolute atomic E-state index is 12.5. The van der Waals surface area contributed by atoms with E-state index < -0.39 is 0 Å². The number of amides is 1. The van der Waals surface area contributed by atoms with Crippen LogP contribution >= 0.6 is 0 Å². The van der Waals surface area contributed by atoms with Crippen LogP contribution in [-0.4, -0.2) is 62.1 Å². The van der Waals surface area contributed by atoms with Crippen molar-refractivity contribution < 1.29 is 14.4 Å². The van der Waals surface area contributed by atoms with Crippen molar-refractivity contribution in [3.05, 3.63) is 0 Å². The maximum atomic E-state index is 12.5. The summed E-state index contributed by atoms with van der Waals surface area (Å²) >= 11 is 0. The number of carbonyl (C=O) groups is 1. The van der Waals surface area contributed by atoms with Crippen molar-refractivity contribution in [3.8, 4) is 0 Å². The molecule has 0 spiro atoms. The van der Waals surface area contributed by atoms with Gasteiger partial charge in [0.15, 0.2) is 0 Å². The molecule has 0 aromatic rings. The monoisotopic (exact) mass is 392 g/mol. The average Bonchev–Trinajstić information content (AvgIpc) is 3.39.